The van der Waals surface area contributed by atoms with Gasteiger partial charge in [0.2, 0.25) is 0 Å². The number of nitrogens with zero attached hydrogens (tertiary/aromatic N) is 4. The highest BCUT2D eigenvalue weighted by molar-refractivity contribution is 6.31. The van der Waals surface area contributed by atoms with Crippen molar-refractivity contribution >= 4 is 28.3 Å². The van der Waals surface area contributed by atoms with Gasteiger partial charge < -0.3 is 9.47 Å². The van der Waals surface area contributed by atoms with Crippen LogP contribution >= 0.6 is 11.6 Å². The van der Waals surface area contributed by atoms with E-state index >= 15 is 0 Å². The third-order valence-electron chi connectivity index (χ3n) is 5.35. The SMILES string of the molecule is CC(C(=N)n1cc(C2C=CC(Cl)=CN2C)cc(F)c1=N)n1ccc2ncccc2c1=O. The first kappa shape index (κ1) is 20.7. The molecule has 2 N–H and O–H groups in total. The highest BCUT2D eigenvalue weighted by Gasteiger charge is 2.21. The molecule has 1 aliphatic heterocycles. The maximum absolute atomic E-state index is 14.6. The Bertz CT molecular complexity index is 1370. The third-order valence-corrected chi connectivity index (χ3v) is 5.58. The van der Waals surface area contributed by atoms with E-state index in [9.17, 15) is 9.18 Å². The van der Waals surface area contributed by atoms with Crippen LogP contribution in [0.5, 0.6) is 0 Å². The first-order valence-electron chi connectivity index (χ1n) is 9.57. The Morgan fingerprint density at radius 3 is 2.87 bits per heavy atom. The summed E-state index contributed by atoms with van der Waals surface area (Å²) in [5.74, 6) is -0.862. The molecule has 4 rings (SSSR count). The molecule has 158 valence electrons. The smallest absolute Gasteiger partial charge is 0.260 e. The molecule has 0 fully saturated rings. The standard InChI is InChI=1S/C22H20ClFN6O/c1-13(29-9-7-18-16(22(29)31)4-3-8-27-18)20(25)30-11-14(10-17(24)21(30)26)19-6-5-15(23)12-28(19)2/h3-13,19,25-26H,1-2H3. The van der Waals surface area contributed by atoms with Crippen molar-refractivity contribution in [2.45, 2.75) is 19.0 Å². The Labute approximate surface area is 182 Å². The van der Waals surface area contributed by atoms with Gasteiger partial charge in [0.15, 0.2) is 11.3 Å². The molecule has 7 nitrogen and oxygen atoms in total. The van der Waals surface area contributed by atoms with Gasteiger partial charge in [0.05, 0.1) is 28.0 Å². The second kappa shape index (κ2) is 7.96. The molecule has 0 bridgehead atoms. The molecule has 0 amide bonds. The van der Waals surface area contributed by atoms with Crippen LogP contribution in [0, 0.1) is 16.6 Å². The largest absolute Gasteiger partial charge is 0.369 e. The molecule has 0 aliphatic carbocycles. The number of likely N-dealkylation sites (N-methyl/N-ethyl adjacent to an activating group) is 1. The molecule has 0 aromatic carbocycles. The molecular formula is C22H20ClFN6O. The molecule has 0 radical (unpaired) electrons. The van der Waals surface area contributed by atoms with Crippen molar-refractivity contribution in [2.24, 2.45) is 0 Å². The van der Waals surface area contributed by atoms with Crippen LogP contribution in [-0.4, -0.2) is 31.9 Å². The van der Waals surface area contributed by atoms with Gasteiger partial charge in [0.1, 0.15) is 5.84 Å². The predicted octanol–water partition coefficient (Wildman–Crippen LogP) is 3.53. The molecule has 9 heteroatoms. The molecule has 2 unspecified atom stereocenters. The number of fused-ring (bicyclic) bond motifs is 1. The number of hydrogen-bond donors (Lipinski definition) is 2. The van der Waals surface area contributed by atoms with Crippen LogP contribution in [0.1, 0.15) is 24.6 Å². The summed E-state index contributed by atoms with van der Waals surface area (Å²) in [6.45, 7) is 1.66. The van der Waals surface area contributed by atoms with Crippen molar-refractivity contribution in [1.82, 2.24) is 19.0 Å². The van der Waals surface area contributed by atoms with Gasteiger partial charge in [-0.05, 0) is 42.8 Å². The van der Waals surface area contributed by atoms with Crippen molar-refractivity contribution in [3.8, 4) is 0 Å². The van der Waals surface area contributed by atoms with Crippen LogP contribution in [0.25, 0.3) is 10.9 Å². The van der Waals surface area contributed by atoms with Gasteiger partial charge >= 0.3 is 0 Å². The van der Waals surface area contributed by atoms with Gasteiger partial charge in [-0.3, -0.25) is 25.2 Å². The fraction of sp³-hybridized carbons (Fsp3) is 0.182. The number of rotatable bonds is 3. The van der Waals surface area contributed by atoms with Crippen LogP contribution in [-0.2, 0) is 0 Å². The second-order valence-electron chi connectivity index (χ2n) is 7.35. The van der Waals surface area contributed by atoms with Gasteiger partial charge in [-0.15, -0.1) is 0 Å². The number of hydrogen-bond acceptors (Lipinski definition) is 5. The molecular weight excluding hydrogens is 419 g/mol. The zero-order chi connectivity index (χ0) is 22.3. The Morgan fingerprint density at radius 2 is 2.13 bits per heavy atom. The van der Waals surface area contributed by atoms with Gasteiger partial charge in [-0.1, -0.05) is 17.7 Å². The molecule has 1 aliphatic rings. The topological polar surface area (TPSA) is 90.8 Å². The molecule has 3 aromatic heterocycles. The third kappa shape index (κ3) is 3.70. The highest BCUT2D eigenvalue weighted by atomic mass is 35.5. The van der Waals surface area contributed by atoms with Crippen molar-refractivity contribution in [2.75, 3.05) is 7.05 Å². The van der Waals surface area contributed by atoms with Gasteiger partial charge in [0, 0.05) is 31.8 Å². The van der Waals surface area contributed by atoms with Crippen molar-refractivity contribution in [3.63, 3.8) is 0 Å². The fourth-order valence-corrected chi connectivity index (χ4v) is 3.87. The number of aromatic nitrogens is 3. The Kier molecular flexibility index (Phi) is 5.32. The van der Waals surface area contributed by atoms with Crippen molar-refractivity contribution < 1.29 is 4.39 Å². The monoisotopic (exact) mass is 438 g/mol. The molecule has 0 saturated heterocycles. The number of pyridine rings is 3. The lowest BCUT2D eigenvalue weighted by atomic mass is 10.1. The van der Waals surface area contributed by atoms with E-state index in [4.69, 9.17) is 22.4 Å². The highest BCUT2D eigenvalue weighted by Crippen LogP contribution is 2.27. The van der Waals surface area contributed by atoms with Gasteiger partial charge in [-0.2, -0.15) is 0 Å². The molecule has 4 heterocycles. The van der Waals surface area contributed by atoms with E-state index in [-0.39, 0.29) is 17.4 Å². The summed E-state index contributed by atoms with van der Waals surface area (Å²) in [5.41, 5.74) is 0.358. The van der Waals surface area contributed by atoms with E-state index in [1.165, 1.54) is 10.6 Å². The summed E-state index contributed by atoms with van der Waals surface area (Å²) < 4.78 is 17.2. The van der Waals surface area contributed by atoms with E-state index in [0.717, 1.165) is 4.57 Å². The quantitative estimate of drug-likeness (QED) is 0.484. The normalized spacial score (nSPS) is 17.0. The second-order valence-corrected chi connectivity index (χ2v) is 7.79. The number of halogens is 2. The first-order chi connectivity index (χ1) is 14.8. The van der Waals surface area contributed by atoms with Crippen LogP contribution in [0.2, 0.25) is 0 Å². The summed E-state index contributed by atoms with van der Waals surface area (Å²) in [6, 6.07) is 5.28. The van der Waals surface area contributed by atoms with Crippen LogP contribution in [0.3, 0.4) is 0 Å². The van der Waals surface area contributed by atoms with Gasteiger partial charge in [0.25, 0.3) is 5.56 Å². The molecule has 2 atom stereocenters. The van der Waals surface area contributed by atoms with E-state index < -0.39 is 17.3 Å². The average molecular weight is 439 g/mol. The Hall–Kier alpha value is -3.52. The van der Waals surface area contributed by atoms with E-state index in [2.05, 4.69) is 4.98 Å². The zero-order valence-electron chi connectivity index (χ0n) is 16.9. The summed E-state index contributed by atoms with van der Waals surface area (Å²) in [5, 5.41) is 17.8. The lowest BCUT2D eigenvalue weighted by molar-refractivity contribution is 0.385. The van der Waals surface area contributed by atoms with E-state index in [1.54, 1.807) is 56.0 Å². The van der Waals surface area contributed by atoms with Crippen molar-refractivity contribution in [1.29, 1.82) is 10.8 Å². The molecule has 0 saturated carbocycles. The molecule has 31 heavy (non-hydrogen) atoms. The lowest BCUT2D eigenvalue weighted by Crippen LogP contribution is -2.37. The maximum Gasteiger partial charge on any atom is 0.260 e. The maximum atomic E-state index is 14.6. The van der Waals surface area contributed by atoms with Crippen LogP contribution < -0.4 is 11.0 Å². The molecule has 3 aromatic rings. The Morgan fingerprint density at radius 1 is 1.35 bits per heavy atom. The minimum Gasteiger partial charge on any atom is -0.369 e. The fourth-order valence-electron chi connectivity index (χ4n) is 3.64. The van der Waals surface area contributed by atoms with Crippen molar-refractivity contribution in [3.05, 3.63) is 93.5 Å². The average Bonchev–Trinajstić information content (AvgIpc) is 2.75. The lowest BCUT2D eigenvalue weighted by Gasteiger charge is -2.28. The number of nitrogens with one attached hydrogen (secondary N) is 2. The minimum atomic E-state index is -0.757. The predicted molar refractivity (Wildman–Crippen MR) is 118 cm³/mol. The summed E-state index contributed by atoms with van der Waals surface area (Å²) in [4.78, 5) is 18.9. The van der Waals surface area contributed by atoms with E-state index in [0.29, 0.717) is 21.5 Å². The molecule has 0 spiro atoms. The Balaban J connectivity index is 1.76. The zero-order valence-corrected chi connectivity index (χ0v) is 17.6. The van der Waals surface area contributed by atoms with Gasteiger partial charge in [-0.25, -0.2) is 4.39 Å². The van der Waals surface area contributed by atoms with E-state index in [1.807, 2.05) is 18.0 Å². The first-order valence-corrected chi connectivity index (χ1v) is 9.94. The van der Waals surface area contributed by atoms with Crippen LogP contribution in [0.4, 0.5) is 4.39 Å². The number of allylic oxidation sites excluding steroid dienone is 2. The summed E-state index contributed by atoms with van der Waals surface area (Å²) in [7, 11) is 1.81. The van der Waals surface area contributed by atoms with Crippen LogP contribution in [0.15, 0.2) is 71.0 Å². The summed E-state index contributed by atoms with van der Waals surface area (Å²) in [6.07, 6.45) is 9.98. The summed E-state index contributed by atoms with van der Waals surface area (Å²) >= 11 is 6.02. The minimum absolute atomic E-state index is 0.105.